The summed E-state index contributed by atoms with van der Waals surface area (Å²) in [6.07, 6.45) is 4.11. The van der Waals surface area contributed by atoms with E-state index in [9.17, 15) is 0 Å². The van der Waals surface area contributed by atoms with Crippen molar-refractivity contribution in [2.45, 2.75) is 51.4 Å². The molecule has 172 valence electrons. The molecule has 0 aromatic heterocycles. The van der Waals surface area contributed by atoms with E-state index in [4.69, 9.17) is 10.5 Å². The van der Waals surface area contributed by atoms with Gasteiger partial charge in [0, 0.05) is 0 Å². The van der Waals surface area contributed by atoms with E-state index in [2.05, 4.69) is 104 Å². The van der Waals surface area contributed by atoms with Crippen LogP contribution in [-0.4, -0.2) is 6.23 Å². The number of benzene rings is 4. The molecule has 2 heteroatoms. The first kappa shape index (κ1) is 22.6. The molecule has 1 atom stereocenters. The highest BCUT2D eigenvalue weighted by atomic mass is 16.5. The summed E-state index contributed by atoms with van der Waals surface area (Å²) >= 11 is 0. The van der Waals surface area contributed by atoms with Gasteiger partial charge in [-0.05, 0) is 70.2 Å². The van der Waals surface area contributed by atoms with Crippen molar-refractivity contribution in [3.63, 3.8) is 0 Å². The van der Waals surface area contributed by atoms with Gasteiger partial charge in [0.1, 0.15) is 12.3 Å². The SMILES string of the molecule is CCCC(N)OC1c2cccc(c2)Cc2cccc(c2)Cc2cccc(c2)Cc2cccc1c2. The fourth-order valence-electron chi connectivity index (χ4n) is 5.02. The number of nitrogens with two attached hydrogens (primary N) is 1. The Kier molecular flexibility index (Phi) is 6.89. The van der Waals surface area contributed by atoms with Gasteiger partial charge in [0.15, 0.2) is 0 Å². The fourth-order valence-corrected chi connectivity index (χ4v) is 5.02. The molecular formula is C32H33NO. The van der Waals surface area contributed by atoms with Crippen LogP contribution in [0.3, 0.4) is 0 Å². The zero-order valence-corrected chi connectivity index (χ0v) is 19.9. The van der Waals surface area contributed by atoms with Crippen LogP contribution in [0, 0.1) is 0 Å². The molecule has 1 aliphatic carbocycles. The Bertz CT molecular complexity index is 1170. The molecule has 2 nitrogen and oxygen atoms in total. The molecule has 0 saturated heterocycles. The molecule has 1 aliphatic rings. The van der Waals surface area contributed by atoms with Crippen LogP contribution in [0.15, 0.2) is 97.1 Å². The summed E-state index contributed by atoms with van der Waals surface area (Å²) in [6.45, 7) is 2.14. The van der Waals surface area contributed by atoms with Crippen molar-refractivity contribution in [2.24, 2.45) is 5.73 Å². The fraction of sp³-hybridized carbons (Fsp3) is 0.250. The zero-order valence-electron chi connectivity index (χ0n) is 19.9. The molecule has 0 radical (unpaired) electrons. The molecule has 0 fully saturated rings. The zero-order chi connectivity index (χ0) is 23.3. The predicted octanol–water partition coefficient (Wildman–Crippen LogP) is 6.96. The lowest BCUT2D eigenvalue weighted by molar-refractivity contribution is 0.00691. The molecule has 8 bridgehead atoms. The molecule has 0 heterocycles. The van der Waals surface area contributed by atoms with E-state index in [1.165, 1.54) is 33.4 Å². The first-order valence-corrected chi connectivity index (χ1v) is 12.4. The van der Waals surface area contributed by atoms with Gasteiger partial charge in [0.05, 0.1) is 0 Å². The molecule has 34 heavy (non-hydrogen) atoms. The summed E-state index contributed by atoms with van der Waals surface area (Å²) in [6, 6.07) is 35.6. The lowest BCUT2D eigenvalue weighted by Gasteiger charge is -2.24. The Labute approximate surface area is 203 Å². The van der Waals surface area contributed by atoms with Crippen LogP contribution >= 0.6 is 0 Å². The van der Waals surface area contributed by atoms with Gasteiger partial charge in [-0.3, -0.25) is 0 Å². The van der Waals surface area contributed by atoms with Crippen molar-refractivity contribution in [3.05, 3.63) is 142 Å². The van der Waals surface area contributed by atoms with E-state index in [1.54, 1.807) is 0 Å². The van der Waals surface area contributed by atoms with Gasteiger partial charge < -0.3 is 10.5 Å². The predicted molar refractivity (Wildman–Crippen MR) is 140 cm³/mol. The second-order valence-corrected chi connectivity index (χ2v) is 9.50. The minimum Gasteiger partial charge on any atom is -0.351 e. The molecule has 0 spiro atoms. The van der Waals surface area contributed by atoms with E-state index in [-0.39, 0.29) is 12.3 Å². The van der Waals surface area contributed by atoms with E-state index >= 15 is 0 Å². The monoisotopic (exact) mass is 447 g/mol. The number of fused-ring (bicyclic) bond motifs is 8. The molecule has 2 N–H and O–H groups in total. The Hall–Kier alpha value is -3.20. The summed E-state index contributed by atoms with van der Waals surface area (Å²) in [5.41, 5.74) is 16.7. The Morgan fingerprint density at radius 1 is 0.647 bits per heavy atom. The first-order valence-electron chi connectivity index (χ1n) is 12.4. The van der Waals surface area contributed by atoms with Gasteiger partial charge in [0.2, 0.25) is 0 Å². The highest BCUT2D eigenvalue weighted by Crippen LogP contribution is 2.30. The highest BCUT2D eigenvalue weighted by Gasteiger charge is 2.19. The van der Waals surface area contributed by atoms with Gasteiger partial charge in [-0.1, -0.05) is 110 Å². The molecule has 4 aromatic carbocycles. The van der Waals surface area contributed by atoms with Crippen molar-refractivity contribution in [1.29, 1.82) is 0 Å². The third kappa shape index (κ3) is 5.47. The van der Waals surface area contributed by atoms with Gasteiger partial charge >= 0.3 is 0 Å². The minimum absolute atomic E-state index is 0.188. The quantitative estimate of drug-likeness (QED) is 0.343. The maximum atomic E-state index is 6.48. The van der Waals surface area contributed by atoms with E-state index in [0.29, 0.717) is 0 Å². The smallest absolute Gasteiger partial charge is 0.110 e. The normalized spacial score (nSPS) is 14.5. The second kappa shape index (κ2) is 10.4. The van der Waals surface area contributed by atoms with Gasteiger partial charge in [0.25, 0.3) is 0 Å². The third-order valence-corrected chi connectivity index (χ3v) is 6.60. The summed E-state index contributed by atoms with van der Waals surface area (Å²) in [4.78, 5) is 0. The van der Waals surface area contributed by atoms with Crippen LogP contribution in [0.1, 0.15) is 70.4 Å². The second-order valence-electron chi connectivity index (χ2n) is 9.50. The maximum absolute atomic E-state index is 6.48. The lowest BCUT2D eigenvalue weighted by atomic mass is 9.93. The van der Waals surface area contributed by atoms with Crippen LogP contribution in [0.5, 0.6) is 0 Å². The van der Waals surface area contributed by atoms with E-state index < -0.39 is 0 Å². The van der Waals surface area contributed by atoms with Crippen LogP contribution in [0.25, 0.3) is 0 Å². The number of hydrogen-bond acceptors (Lipinski definition) is 2. The number of rotatable bonds is 4. The molecule has 0 amide bonds. The molecule has 1 unspecified atom stereocenters. The van der Waals surface area contributed by atoms with E-state index in [1.807, 2.05) is 0 Å². The minimum atomic E-state index is -0.290. The van der Waals surface area contributed by atoms with Crippen molar-refractivity contribution in [1.82, 2.24) is 0 Å². The molecular weight excluding hydrogens is 414 g/mol. The van der Waals surface area contributed by atoms with Crippen LogP contribution in [0.4, 0.5) is 0 Å². The van der Waals surface area contributed by atoms with Crippen molar-refractivity contribution in [3.8, 4) is 0 Å². The number of ether oxygens (including phenoxy) is 1. The Morgan fingerprint density at radius 3 is 1.44 bits per heavy atom. The first-order chi connectivity index (χ1) is 16.7. The molecule has 0 saturated carbocycles. The topological polar surface area (TPSA) is 35.2 Å². The lowest BCUT2D eigenvalue weighted by Crippen LogP contribution is -2.26. The summed E-state index contributed by atoms with van der Waals surface area (Å²) in [5.74, 6) is 0. The van der Waals surface area contributed by atoms with E-state index in [0.717, 1.165) is 43.2 Å². The highest BCUT2D eigenvalue weighted by molar-refractivity contribution is 5.40. The third-order valence-electron chi connectivity index (χ3n) is 6.60. The largest absolute Gasteiger partial charge is 0.351 e. The average molecular weight is 448 g/mol. The van der Waals surface area contributed by atoms with Crippen LogP contribution in [0.2, 0.25) is 0 Å². The maximum Gasteiger partial charge on any atom is 0.110 e. The Morgan fingerprint density at radius 2 is 1.03 bits per heavy atom. The van der Waals surface area contributed by atoms with Crippen molar-refractivity contribution < 1.29 is 4.74 Å². The summed E-state index contributed by atoms with van der Waals surface area (Å²) < 4.78 is 6.48. The van der Waals surface area contributed by atoms with Crippen LogP contribution < -0.4 is 5.73 Å². The molecule has 4 aromatic rings. The average Bonchev–Trinajstić information content (AvgIpc) is 2.83. The standard InChI is InChI=1S/C32H33NO/c1-2-7-31(33)34-32-29-14-5-12-27(21-29)19-25-10-3-8-23(17-25)16-24-9-4-11-26(18-24)20-28-13-6-15-30(32)22-28/h3-6,8-15,17-18,21-22,31-32H,2,7,16,19-20,33H2,1H3. The summed E-state index contributed by atoms with van der Waals surface area (Å²) in [7, 11) is 0. The molecule has 5 rings (SSSR count). The van der Waals surface area contributed by atoms with Gasteiger partial charge in [-0.25, -0.2) is 0 Å². The van der Waals surface area contributed by atoms with Crippen LogP contribution in [-0.2, 0) is 24.0 Å². The molecule has 0 aliphatic heterocycles. The number of hydrogen-bond donors (Lipinski definition) is 1. The van der Waals surface area contributed by atoms with Crippen molar-refractivity contribution in [2.75, 3.05) is 0 Å². The van der Waals surface area contributed by atoms with Gasteiger partial charge in [-0.15, -0.1) is 0 Å². The van der Waals surface area contributed by atoms with Crippen molar-refractivity contribution >= 4 is 0 Å². The summed E-state index contributed by atoms with van der Waals surface area (Å²) in [5, 5.41) is 0. The van der Waals surface area contributed by atoms with Gasteiger partial charge in [-0.2, -0.15) is 0 Å². The Balaban J connectivity index is 1.61.